The number of nitrogens with two attached hydrogens (primary N) is 1. The molecule has 1 saturated heterocycles. The number of piperazine rings is 1. The van der Waals surface area contributed by atoms with Gasteiger partial charge < -0.3 is 20.1 Å². The number of carboxylic acid groups (broad SMARTS) is 1. The molecule has 0 bridgehead atoms. The Morgan fingerprint density at radius 1 is 1.23 bits per heavy atom. The first-order chi connectivity index (χ1) is 14.4. The lowest BCUT2D eigenvalue weighted by molar-refractivity contribution is 0.0695. The van der Waals surface area contributed by atoms with E-state index < -0.39 is 5.97 Å². The maximum absolute atomic E-state index is 12.1. The molecule has 0 aromatic carbocycles. The summed E-state index contributed by atoms with van der Waals surface area (Å²) in [5.74, 6) is -0.438. The van der Waals surface area contributed by atoms with Gasteiger partial charge in [-0.05, 0) is 50.2 Å². The number of hydrogen-bond donors (Lipinski definition) is 2. The van der Waals surface area contributed by atoms with Gasteiger partial charge in [-0.15, -0.1) is 0 Å². The van der Waals surface area contributed by atoms with E-state index in [1.165, 1.54) is 0 Å². The molecule has 0 amide bonds. The van der Waals surface area contributed by atoms with E-state index >= 15 is 0 Å². The molecule has 1 unspecified atom stereocenters. The van der Waals surface area contributed by atoms with Crippen LogP contribution in [0.15, 0.2) is 36.7 Å². The fourth-order valence-corrected chi connectivity index (χ4v) is 4.55. The molecule has 30 heavy (non-hydrogen) atoms. The molecule has 1 aliphatic rings. The first kappa shape index (κ1) is 20.4. The molecule has 0 radical (unpaired) electrons. The predicted molar refractivity (Wildman–Crippen MR) is 119 cm³/mol. The summed E-state index contributed by atoms with van der Waals surface area (Å²) in [6, 6.07) is 7.59. The normalized spacial score (nSPS) is 16.8. The van der Waals surface area contributed by atoms with Gasteiger partial charge in [-0.1, -0.05) is 6.92 Å². The Balaban J connectivity index is 1.83. The molecule has 0 spiro atoms. The number of nitrogen functional groups attached to an aromatic ring is 1. The molecule has 3 aromatic heterocycles. The SMILES string of the molecule is CCN1CCN(C(C)c2c(C)c(C(=O)O)cc3c(-c4ccc(N)nc4)ccn23)CC1. The average molecular weight is 408 g/mol. The van der Waals surface area contributed by atoms with E-state index in [0.717, 1.165) is 60.6 Å². The molecule has 3 N–H and O–H groups in total. The van der Waals surface area contributed by atoms with E-state index in [9.17, 15) is 9.90 Å². The molecule has 158 valence electrons. The minimum atomic E-state index is -0.901. The second kappa shape index (κ2) is 8.08. The summed E-state index contributed by atoms with van der Waals surface area (Å²) in [7, 11) is 0. The molecule has 0 aliphatic carbocycles. The summed E-state index contributed by atoms with van der Waals surface area (Å²) in [4.78, 5) is 21.2. The van der Waals surface area contributed by atoms with Crippen LogP contribution in [0.5, 0.6) is 0 Å². The van der Waals surface area contributed by atoms with Crippen LogP contribution in [0.1, 0.15) is 41.5 Å². The molecular weight excluding hydrogens is 378 g/mol. The molecule has 3 aromatic rings. The molecule has 1 aliphatic heterocycles. The highest BCUT2D eigenvalue weighted by Gasteiger charge is 2.27. The number of nitrogens with zero attached hydrogens (tertiary/aromatic N) is 4. The average Bonchev–Trinajstić information content (AvgIpc) is 3.16. The number of fused-ring (bicyclic) bond motifs is 1. The third-order valence-electron chi connectivity index (χ3n) is 6.38. The smallest absolute Gasteiger partial charge is 0.336 e. The summed E-state index contributed by atoms with van der Waals surface area (Å²) in [5.41, 5.74) is 10.7. The lowest BCUT2D eigenvalue weighted by atomic mass is 9.99. The van der Waals surface area contributed by atoms with Crippen LogP contribution in [0.2, 0.25) is 0 Å². The van der Waals surface area contributed by atoms with Crippen molar-refractivity contribution in [2.24, 2.45) is 0 Å². The van der Waals surface area contributed by atoms with Gasteiger partial charge in [0, 0.05) is 61.4 Å². The number of aromatic nitrogens is 2. The van der Waals surface area contributed by atoms with Crippen LogP contribution in [0.25, 0.3) is 16.6 Å². The van der Waals surface area contributed by atoms with E-state index in [0.29, 0.717) is 11.4 Å². The van der Waals surface area contributed by atoms with Gasteiger partial charge in [-0.3, -0.25) is 4.90 Å². The number of likely N-dealkylation sites (N-methyl/N-ethyl adjacent to an activating group) is 1. The van der Waals surface area contributed by atoms with Crippen molar-refractivity contribution < 1.29 is 9.90 Å². The van der Waals surface area contributed by atoms with Gasteiger partial charge >= 0.3 is 5.97 Å². The van der Waals surface area contributed by atoms with Crippen molar-refractivity contribution in [3.8, 4) is 11.1 Å². The van der Waals surface area contributed by atoms with Crippen LogP contribution < -0.4 is 5.73 Å². The molecular formula is C23H29N5O2. The van der Waals surface area contributed by atoms with Crippen LogP contribution in [0.3, 0.4) is 0 Å². The summed E-state index contributed by atoms with van der Waals surface area (Å²) in [6.45, 7) is 11.4. The Bertz CT molecular complexity index is 1070. The van der Waals surface area contributed by atoms with E-state index in [1.807, 2.05) is 25.3 Å². The van der Waals surface area contributed by atoms with E-state index in [-0.39, 0.29) is 6.04 Å². The quantitative estimate of drug-likeness (QED) is 0.675. The second-order valence-electron chi connectivity index (χ2n) is 7.98. The highest BCUT2D eigenvalue weighted by atomic mass is 16.4. The molecule has 7 heteroatoms. The van der Waals surface area contributed by atoms with Crippen LogP contribution in [0, 0.1) is 6.92 Å². The van der Waals surface area contributed by atoms with Crippen molar-refractivity contribution >= 4 is 17.3 Å². The van der Waals surface area contributed by atoms with Gasteiger partial charge in [0.1, 0.15) is 5.82 Å². The fraction of sp³-hybridized carbons (Fsp3) is 0.391. The zero-order valence-corrected chi connectivity index (χ0v) is 17.8. The van der Waals surface area contributed by atoms with Gasteiger partial charge in [0.15, 0.2) is 0 Å². The number of anilines is 1. The number of aromatic carboxylic acids is 1. The zero-order chi connectivity index (χ0) is 21.4. The number of carboxylic acids is 1. The highest BCUT2D eigenvalue weighted by Crippen LogP contribution is 2.33. The van der Waals surface area contributed by atoms with Crippen LogP contribution in [-0.4, -0.2) is 63.0 Å². The summed E-state index contributed by atoms with van der Waals surface area (Å²) in [5, 5.41) is 9.89. The fourth-order valence-electron chi connectivity index (χ4n) is 4.55. The highest BCUT2D eigenvalue weighted by molar-refractivity contribution is 5.94. The van der Waals surface area contributed by atoms with E-state index in [1.54, 1.807) is 18.3 Å². The largest absolute Gasteiger partial charge is 0.478 e. The van der Waals surface area contributed by atoms with E-state index in [4.69, 9.17) is 5.73 Å². The first-order valence-electron chi connectivity index (χ1n) is 10.5. The van der Waals surface area contributed by atoms with Crippen LogP contribution in [0.4, 0.5) is 5.82 Å². The maximum Gasteiger partial charge on any atom is 0.336 e. The molecule has 7 nitrogen and oxygen atoms in total. The van der Waals surface area contributed by atoms with Gasteiger partial charge in [-0.2, -0.15) is 0 Å². The standard InChI is InChI=1S/C23H29N5O2/c1-4-26-9-11-27(12-10-26)16(3)22-15(2)19(23(29)30)13-20-18(7-8-28(20)22)17-5-6-21(24)25-14-17/h5-8,13-14,16H,4,9-12H2,1-3H3,(H2,24,25)(H,29,30). The molecule has 1 fully saturated rings. The van der Waals surface area contributed by atoms with Crippen molar-refractivity contribution in [1.82, 2.24) is 19.2 Å². The maximum atomic E-state index is 12.1. The summed E-state index contributed by atoms with van der Waals surface area (Å²) in [6.07, 6.45) is 3.77. The number of carbonyl (C=O) groups is 1. The first-order valence-corrected chi connectivity index (χ1v) is 10.5. The van der Waals surface area contributed by atoms with E-state index in [2.05, 4.69) is 33.0 Å². The summed E-state index contributed by atoms with van der Waals surface area (Å²) < 4.78 is 2.14. The van der Waals surface area contributed by atoms with Crippen molar-refractivity contribution in [1.29, 1.82) is 0 Å². The van der Waals surface area contributed by atoms with Gasteiger partial charge in [0.25, 0.3) is 0 Å². The Labute approximate surface area is 176 Å². The predicted octanol–water partition coefficient (Wildman–Crippen LogP) is 3.29. The van der Waals surface area contributed by atoms with Crippen molar-refractivity contribution in [3.05, 3.63) is 53.5 Å². The Kier molecular flexibility index (Phi) is 5.49. The molecule has 1 atom stereocenters. The Hall–Kier alpha value is -2.90. The number of hydrogen-bond acceptors (Lipinski definition) is 5. The van der Waals surface area contributed by atoms with Crippen LogP contribution >= 0.6 is 0 Å². The topological polar surface area (TPSA) is 87.1 Å². The van der Waals surface area contributed by atoms with Crippen molar-refractivity contribution in [2.45, 2.75) is 26.8 Å². The molecule has 4 heterocycles. The minimum Gasteiger partial charge on any atom is -0.478 e. The third kappa shape index (κ3) is 3.55. The van der Waals surface area contributed by atoms with Gasteiger partial charge in [0.05, 0.1) is 11.1 Å². The lowest BCUT2D eigenvalue weighted by Crippen LogP contribution is -2.47. The van der Waals surface area contributed by atoms with Crippen molar-refractivity contribution in [2.75, 3.05) is 38.5 Å². The molecule has 0 saturated carbocycles. The molecule has 4 rings (SSSR count). The second-order valence-corrected chi connectivity index (χ2v) is 7.98. The summed E-state index contributed by atoms with van der Waals surface area (Å²) >= 11 is 0. The van der Waals surface area contributed by atoms with Gasteiger partial charge in [0.2, 0.25) is 0 Å². The number of rotatable bonds is 5. The zero-order valence-electron chi connectivity index (χ0n) is 17.8. The van der Waals surface area contributed by atoms with Crippen LogP contribution in [-0.2, 0) is 0 Å². The number of pyridine rings is 2. The van der Waals surface area contributed by atoms with Gasteiger partial charge in [-0.25, -0.2) is 9.78 Å². The van der Waals surface area contributed by atoms with Crippen molar-refractivity contribution in [3.63, 3.8) is 0 Å². The Morgan fingerprint density at radius 3 is 2.57 bits per heavy atom. The lowest BCUT2D eigenvalue weighted by Gasteiger charge is -2.38. The monoisotopic (exact) mass is 407 g/mol. The Morgan fingerprint density at radius 2 is 1.97 bits per heavy atom. The minimum absolute atomic E-state index is 0.107. The third-order valence-corrected chi connectivity index (χ3v) is 6.38.